The maximum Gasteiger partial charge on any atom is 0.255 e. The SMILES string of the molecule is Cc1cc(F)ccc1NC(=O)c1cccc(S(=O)(=O)N2CCNC(=O)C2)c1. The van der Waals surface area contributed by atoms with Crippen molar-refractivity contribution in [1.82, 2.24) is 9.62 Å². The number of nitrogens with one attached hydrogen (secondary N) is 2. The summed E-state index contributed by atoms with van der Waals surface area (Å²) in [5.41, 5.74) is 1.12. The molecule has 9 heteroatoms. The summed E-state index contributed by atoms with van der Waals surface area (Å²) in [5, 5.41) is 5.21. The lowest BCUT2D eigenvalue weighted by Crippen LogP contribution is -2.49. The van der Waals surface area contributed by atoms with Crippen LogP contribution in [0.25, 0.3) is 0 Å². The van der Waals surface area contributed by atoms with Gasteiger partial charge in [0.15, 0.2) is 0 Å². The molecule has 0 bridgehead atoms. The first-order valence-electron chi connectivity index (χ1n) is 8.22. The molecule has 2 aromatic rings. The molecule has 2 aromatic carbocycles. The number of nitrogens with zero attached hydrogens (tertiary/aromatic N) is 1. The number of rotatable bonds is 4. The molecule has 0 atom stereocenters. The molecule has 1 aliphatic rings. The summed E-state index contributed by atoms with van der Waals surface area (Å²) in [4.78, 5) is 23.9. The molecule has 2 amide bonds. The average Bonchev–Trinajstić information content (AvgIpc) is 2.64. The van der Waals surface area contributed by atoms with Crippen molar-refractivity contribution >= 4 is 27.5 Å². The Morgan fingerprint density at radius 1 is 1.22 bits per heavy atom. The monoisotopic (exact) mass is 391 g/mol. The van der Waals surface area contributed by atoms with E-state index in [1.165, 1.54) is 42.5 Å². The summed E-state index contributed by atoms with van der Waals surface area (Å²) in [7, 11) is -3.89. The molecule has 1 fully saturated rings. The molecule has 1 saturated heterocycles. The minimum Gasteiger partial charge on any atom is -0.354 e. The molecule has 3 rings (SSSR count). The van der Waals surface area contributed by atoms with E-state index in [0.717, 1.165) is 4.31 Å². The number of sulfonamides is 1. The second kappa shape index (κ2) is 7.45. The van der Waals surface area contributed by atoms with Gasteiger partial charge in [0, 0.05) is 24.3 Å². The number of anilines is 1. The van der Waals surface area contributed by atoms with Crippen molar-refractivity contribution in [2.75, 3.05) is 25.0 Å². The Morgan fingerprint density at radius 3 is 2.70 bits per heavy atom. The molecule has 7 nitrogen and oxygen atoms in total. The zero-order chi connectivity index (χ0) is 19.6. The lowest BCUT2D eigenvalue weighted by Gasteiger charge is -2.26. The van der Waals surface area contributed by atoms with Gasteiger partial charge in [0.1, 0.15) is 5.82 Å². The van der Waals surface area contributed by atoms with Crippen LogP contribution in [0.5, 0.6) is 0 Å². The minimum absolute atomic E-state index is 0.0688. The summed E-state index contributed by atoms with van der Waals surface area (Å²) in [6.07, 6.45) is 0. The molecule has 1 aliphatic heterocycles. The van der Waals surface area contributed by atoms with Crippen LogP contribution in [-0.4, -0.2) is 44.2 Å². The lowest BCUT2D eigenvalue weighted by molar-refractivity contribution is -0.122. The highest BCUT2D eigenvalue weighted by Gasteiger charge is 2.29. The van der Waals surface area contributed by atoms with Gasteiger partial charge in [0.05, 0.1) is 11.4 Å². The van der Waals surface area contributed by atoms with Crippen LogP contribution >= 0.6 is 0 Å². The quantitative estimate of drug-likeness (QED) is 0.826. The molecule has 0 aliphatic carbocycles. The summed E-state index contributed by atoms with van der Waals surface area (Å²) in [6.45, 7) is 1.80. The molecule has 0 saturated carbocycles. The molecule has 0 radical (unpaired) electrons. The van der Waals surface area contributed by atoms with Gasteiger partial charge in [-0.3, -0.25) is 9.59 Å². The average molecular weight is 391 g/mol. The smallest absolute Gasteiger partial charge is 0.255 e. The van der Waals surface area contributed by atoms with Gasteiger partial charge in [-0.1, -0.05) is 6.07 Å². The van der Waals surface area contributed by atoms with E-state index in [9.17, 15) is 22.4 Å². The minimum atomic E-state index is -3.89. The van der Waals surface area contributed by atoms with Crippen LogP contribution in [0.4, 0.5) is 10.1 Å². The fourth-order valence-electron chi connectivity index (χ4n) is 2.73. The Morgan fingerprint density at radius 2 is 2.00 bits per heavy atom. The first kappa shape index (κ1) is 19.0. The van der Waals surface area contributed by atoms with Crippen LogP contribution in [-0.2, 0) is 14.8 Å². The second-order valence-electron chi connectivity index (χ2n) is 6.13. The number of carbonyl (C=O) groups is 2. The summed E-state index contributed by atoms with van der Waals surface area (Å²) in [6, 6.07) is 9.54. The summed E-state index contributed by atoms with van der Waals surface area (Å²) >= 11 is 0. The van der Waals surface area contributed by atoms with Crippen LogP contribution in [0.15, 0.2) is 47.4 Å². The standard InChI is InChI=1S/C18H18FN3O4S/c1-12-9-14(19)5-6-16(12)21-18(24)13-3-2-4-15(10-13)27(25,26)22-8-7-20-17(23)11-22/h2-6,9-10H,7-8,11H2,1H3,(H,20,23)(H,21,24). The van der Waals surface area contributed by atoms with E-state index in [-0.39, 0.29) is 36.0 Å². The molecule has 0 spiro atoms. The highest BCUT2D eigenvalue weighted by molar-refractivity contribution is 7.89. The van der Waals surface area contributed by atoms with Crippen molar-refractivity contribution < 1.29 is 22.4 Å². The molecular weight excluding hydrogens is 373 g/mol. The van der Waals surface area contributed by atoms with E-state index >= 15 is 0 Å². The second-order valence-corrected chi connectivity index (χ2v) is 8.07. The van der Waals surface area contributed by atoms with Gasteiger partial charge < -0.3 is 10.6 Å². The fourth-order valence-corrected chi connectivity index (χ4v) is 4.17. The largest absolute Gasteiger partial charge is 0.354 e. The van der Waals surface area contributed by atoms with Gasteiger partial charge in [0.25, 0.3) is 5.91 Å². The van der Waals surface area contributed by atoms with Gasteiger partial charge in [-0.2, -0.15) is 4.31 Å². The highest BCUT2D eigenvalue weighted by Crippen LogP contribution is 2.20. The number of piperazine rings is 1. The van der Waals surface area contributed by atoms with E-state index < -0.39 is 21.7 Å². The van der Waals surface area contributed by atoms with E-state index in [4.69, 9.17) is 0 Å². The Hall–Kier alpha value is -2.78. The van der Waals surface area contributed by atoms with E-state index in [2.05, 4.69) is 10.6 Å². The number of halogens is 1. The molecule has 0 unspecified atom stereocenters. The highest BCUT2D eigenvalue weighted by atomic mass is 32.2. The lowest BCUT2D eigenvalue weighted by atomic mass is 10.1. The third-order valence-electron chi connectivity index (χ3n) is 4.17. The molecule has 2 N–H and O–H groups in total. The van der Waals surface area contributed by atoms with Gasteiger partial charge in [-0.15, -0.1) is 0 Å². The predicted molar refractivity (Wildman–Crippen MR) is 97.3 cm³/mol. The van der Waals surface area contributed by atoms with Crippen molar-refractivity contribution in [3.63, 3.8) is 0 Å². The third kappa shape index (κ3) is 4.15. The van der Waals surface area contributed by atoms with Crippen LogP contribution in [0.1, 0.15) is 15.9 Å². The third-order valence-corrected chi connectivity index (χ3v) is 6.02. The predicted octanol–water partition coefficient (Wildman–Crippen LogP) is 1.51. The van der Waals surface area contributed by atoms with Gasteiger partial charge in [-0.25, -0.2) is 12.8 Å². The van der Waals surface area contributed by atoms with Crippen LogP contribution in [0.2, 0.25) is 0 Å². The Bertz CT molecular complexity index is 1010. The normalized spacial score (nSPS) is 15.3. The van der Waals surface area contributed by atoms with Gasteiger partial charge >= 0.3 is 0 Å². The van der Waals surface area contributed by atoms with E-state index in [0.29, 0.717) is 11.3 Å². The Kier molecular flexibility index (Phi) is 5.24. The maximum atomic E-state index is 13.2. The van der Waals surface area contributed by atoms with Crippen LogP contribution in [0.3, 0.4) is 0 Å². The first-order valence-corrected chi connectivity index (χ1v) is 9.66. The van der Waals surface area contributed by atoms with Crippen molar-refractivity contribution in [2.45, 2.75) is 11.8 Å². The van der Waals surface area contributed by atoms with Crippen molar-refractivity contribution in [3.8, 4) is 0 Å². The van der Waals surface area contributed by atoms with Gasteiger partial charge in [-0.05, 0) is 48.9 Å². The zero-order valence-electron chi connectivity index (χ0n) is 14.5. The topological polar surface area (TPSA) is 95.6 Å². The van der Waals surface area contributed by atoms with Crippen LogP contribution < -0.4 is 10.6 Å². The molecule has 1 heterocycles. The van der Waals surface area contributed by atoms with Crippen molar-refractivity contribution in [3.05, 3.63) is 59.4 Å². The number of aryl methyl sites for hydroxylation is 1. The van der Waals surface area contributed by atoms with E-state index in [1.807, 2.05) is 0 Å². The number of benzene rings is 2. The number of carbonyl (C=O) groups excluding carboxylic acids is 2. The molecule has 142 valence electrons. The maximum absolute atomic E-state index is 13.2. The number of hydrogen-bond donors (Lipinski definition) is 2. The molecule has 0 aromatic heterocycles. The Labute approximate surface area is 156 Å². The number of amides is 2. The van der Waals surface area contributed by atoms with E-state index in [1.54, 1.807) is 6.92 Å². The first-order chi connectivity index (χ1) is 12.8. The van der Waals surface area contributed by atoms with Gasteiger partial charge in [0.2, 0.25) is 15.9 Å². The molecule has 27 heavy (non-hydrogen) atoms. The number of hydrogen-bond acceptors (Lipinski definition) is 4. The fraction of sp³-hybridized carbons (Fsp3) is 0.222. The summed E-state index contributed by atoms with van der Waals surface area (Å²) < 4.78 is 39.7. The zero-order valence-corrected chi connectivity index (χ0v) is 15.3. The summed E-state index contributed by atoms with van der Waals surface area (Å²) in [5.74, 6) is -1.30. The Balaban J connectivity index is 1.84. The molecular formula is C18H18FN3O4S. The van der Waals surface area contributed by atoms with Crippen LogP contribution in [0, 0.1) is 12.7 Å². The van der Waals surface area contributed by atoms with Crippen molar-refractivity contribution in [2.24, 2.45) is 0 Å². The van der Waals surface area contributed by atoms with Crippen molar-refractivity contribution in [1.29, 1.82) is 0 Å².